The fraction of sp³-hybridized carbons (Fsp3) is 0.667. The molecule has 0 unspecified atom stereocenters. The molecule has 0 bridgehead atoms. The Morgan fingerprint density at radius 3 is 1.17 bits per heavy atom. The lowest BCUT2D eigenvalue weighted by atomic mass is 10.1. The minimum absolute atomic E-state index is 1.27. The molecule has 0 aliphatic carbocycles. The maximum Gasteiger partial charge on any atom is 0.0593 e. The van der Waals surface area contributed by atoms with Crippen molar-refractivity contribution < 1.29 is 0 Å². The van der Waals surface area contributed by atoms with E-state index in [-0.39, 0.29) is 0 Å². The smallest absolute Gasteiger partial charge is 0.0593 e. The molecule has 0 N–H and O–H groups in total. The standard InChI is InChI=1S/C36H54S5/c1-3-5-7-9-11-13-15-17-19-21-23-29-25-31-35(39-29)33(27-37-31)41-34-28-38-32-26-30(40-36(32)34)24-22-20-18-16-14-12-10-8-6-4-2/h25-28H,3-24H2,1-2H3. The van der Waals surface area contributed by atoms with Gasteiger partial charge in [-0.05, 0) is 37.8 Å². The summed E-state index contributed by atoms with van der Waals surface area (Å²) in [6.45, 7) is 4.61. The summed E-state index contributed by atoms with van der Waals surface area (Å²) >= 11 is 10.0. The number of fused-ring (bicyclic) bond motifs is 2. The van der Waals surface area contributed by atoms with Crippen molar-refractivity contribution >= 4 is 75.9 Å². The number of unbranched alkanes of at least 4 members (excludes halogenated alkanes) is 18. The van der Waals surface area contributed by atoms with Crippen LogP contribution in [0, 0.1) is 0 Å². The fourth-order valence-electron chi connectivity index (χ4n) is 5.78. The predicted octanol–water partition coefficient (Wildman–Crippen LogP) is 15.3. The van der Waals surface area contributed by atoms with Crippen molar-refractivity contribution in [2.75, 3.05) is 0 Å². The molecule has 0 amide bonds. The van der Waals surface area contributed by atoms with E-state index in [1.54, 1.807) is 9.75 Å². The SMILES string of the molecule is CCCCCCCCCCCCc1cc2scc(Sc3csc4cc(CCCCCCCCCCCC)sc34)c2s1. The van der Waals surface area contributed by atoms with E-state index in [1.807, 2.05) is 34.4 Å². The molecule has 0 atom stereocenters. The minimum atomic E-state index is 1.27. The molecule has 0 spiro atoms. The van der Waals surface area contributed by atoms with E-state index >= 15 is 0 Å². The Kier molecular flexibility index (Phi) is 16.2. The Hall–Kier alpha value is -0.330. The van der Waals surface area contributed by atoms with Gasteiger partial charge in [-0.2, -0.15) is 0 Å². The molecule has 0 aliphatic heterocycles. The summed E-state index contributed by atoms with van der Waals surface area (Å²) in [6, 6.07) is 4.97. The summed E-state index contributed by atoms with van der Waals surface area (Å²) in [5.41, 5.74) is 0. The lowest BCUT2D eigenvalue weighted by Crippen LogP contribution is -1.84. The minimum Gasteiger partial charge on any atom is -0.142 e. The number of hydrogen-bond acceptors (Lipinski definition) is 5. The van der Waals surface area contributed by atoms with Gasteiger partial charge in [-0.3, -0.25) is 0 Å². The normalized spacial score (nSPS) is 12.0. The molecular weight excluding hydrogens is 593 g/mol. The van der Waals surface area contributed by atoms with Gasteiger partial charge < -0.3 is 0 Å². The maximum atomic E-state index is 2.49. The van der Waals surface area contributed by atoms with Gasteiger partial charge in [0.05, 0.1) is 9.40 Å². The van der Waals surface area contributed by atoms with Crippen molar-refractivity contribution in [1.82, 2.24) is 0 Å². The van der Waals surface area contributed by atoms with E-state index < -0.39 is 0 Å². The average molecular weight is 647 g/mol. The average Bonchev–Trinajstić information content (AvgIpc) is 3.74. The van der Waals surface area contributed by atoms with Gasteiger partial charge in [0.25, 0.3) is 0 Å². The fourth-order valence-corrected chi connectivity index (χ4v) is 12.1. The van der Waals surface area contributed by atoms with Gasteiger partial charge in [0.15, 0.2) is 0 Å². The van der Waals surface area contributed by atoms with E-state index in [4.69, 9.17) is 0 Å². The maximum absolute atomic E-state index is 2.49. The van der Waals surface area contributed by atoms with Crippen LogP contribution in [0.3, 0.4) is 0 Å². The molecule has 0 radical (unpaired) electrons. The van der Waals surface area contributed by atoms with Gasteiger partial charge in [-0.1, -0.05) is 141 Å². The van der Waals surface area contributed by atoms with Crippen LogP contribution in [0.15, 0.2) is 32.7 Å². The highest BCUT2D eigenvalue weighted by Gasteiger charge is 2.15. The van der Waals surface area contributed by atoms with Crippen LogP contribution < -0.4 is 0 Å². The summed E-state index contributed by atoms with van der Waals surface area (Å²) < 4.78 is 6.06. The summed E-state index contributed by atoms with van der Waals surface area (Å²) in [4.78, 5) is 6.15. The van der Waals surface area contributed by atoms with E-state index in [2.05, 4.69) is 59.4 Å². The van der Waals surface area contributed by atoms with Crippen LogP contribution in [0.1, 0.15) is 152 Å². The highest BCUT2D eigenvalue weighted by Crippen LogP contribution is 2.47. The monoisotopic (exact) mass is 646 g/mol. The molecule has 0 saturated carbocycles. The molecule has 0 fully saturated rings. The van der Waals surface area contributed by atoms with E-state index in [0.717, 1.165) is 0 Å². The van der Waals surface area contributed by atoms with Gasteiger partial charge in [0.1, 0.15) is 0 Å². The molecule has 0 nitrogen and oxygen atoms in total. The Labute approximate surface area is 271 Å². The first kappa shape index (κ1) is 33.6. The van der Waals surface area contributed by atoms with Crippen LogP contribution in [0.4, 0.5) is 0 Å². The van der Waals surface area contributed by atoms with Crippen molar-refractivity contribution in [3.8, 4) is 0 Å². The van der Waals surface area contributed by atoms with E-state index in [1.165, 1.54) is 170 Å². The van der Waals surface area contributed by atoms with Crippen molar-refractivity contribution in [2.45, 2.75) is 165 Å². The van der Waals surface area contributed by atoms with E-state index in [0.29, 0.717) is 0 Å². The van der Waals surface area contributed by atoms with Crippen LogP contribution in [0.2, 0.25) is 0 Å². The molecule has 41 heavy (non-hydrogen) atoms. The molecule has 4 rings (SSSR count). The van der Waals surface area contributed by atoms with Crippen LogP contribution in [0.25, 0.3) is 18.8 Å². The number of hydrogen-bond donors (Lipinski definition) is 0. The molecule has 4 heterocycles. The van der Waals surface area contributed by atoms with Gasteiger partial charge in [-0.15, -0.1) is 45.3 Å². The summed E-state index contributed by atoms with van der Waals surface area (Å²) in [5.74, 6) is 0. The Morgan fingerprint density at radius 1 is 0.463 bits per heavy atom. The van der Waals surface area contributed by atoms with E-state index in [9.17, 15) is 0 Å². The zero-order chi connectivity index (χ0) is 28.5. The third-order valence-corrected chi connectivity index (χ3v) is 14.5. The lowest BCUT2D eigenvalue weighted by molar-refractivity contribution is 0.557. The molecule has 4 aromatic rings. The molecule has 0 saturated heterocycles. The molecule has 5 heteroatoms. The lowest BCUT2D eigenvalue weighted by Gasteiger charge is -2.02. The van der Waals surface area contributed by atoms with Crippen molar-refractivity contribution in [1.29, 1.82) is 0 Å². The highest BCUT2D eigenvalue weighted by molar-refractivity contribution is 8.00. The quantitative estimate of drug-likeness (QED) is 0.0683. The summed E-state index contributed by atoms with van der Waals surface area (Å²) in [5, 5.41) is 4.80. The number of rotatable bonds is 24. The zero-order valence-corrected chi connectivity index (χ0v) is 30.0. The first-order valence-corrected chi connectivity index (χ1v) is 21.2. The number of aryl methyl sites for hydroxylation is 2. The second-order valence-corrected chi connectivity index (χ2v) is 17.2. The molecular formula is C36H54S5. The third kappa shape index (κ3) is 11.6. The second kappa shape index (κ2) is 19.8. The topological polar surface area (TPSA) is 0 Å². The van der Waals surface area contributed by atoms with Gasteiger partial charge in [0.2, 0.25) is 0 Å². The molecule has 4 aromatic heterocycles. The van der Waals surface area contributed by atoms with Crippen LogP contribution in [0.5, 0.6) is 0 Å². The zero-order valence-electron chi connectivity index (χ0n) is 25.9. The van der Waals surface area contributed by atoms with Crippen molar-refractivity contribution in [3.63, 3.8) is 0 Å². The summed E-state index contributed by atoms with van der Waals surface area (Å²) in [6.07, 6.45) is 30.9. The second-order valence-electron chi connectivity index (χ2n) is 12.0. The Balaban J connectivity index is 1.16. The van der Waals surface area contributed by atoms with Crippen molar-refractivity contribution in [2.24, 2.45) is 0 Å². The first-order chi connectivity index (χ1) is 20.3. The van der Waals surface area contributed by atoms with Crippen LogP contribution in [-0.4, -0.2) is 0 Å². The first-order valence-electron chi connectivity index (χ1n) is 17.0. The Morgan fingerprint density at radius 2 is 0.805 bits per heavy atom. The van der Waals surface area contributed by atoms with Gasteiger partial charge in [-0.25, -0.2) is 0 Å². The molecule has 0 aliphatic rings. The van der Waals surface area contributed by atoms with Crippen LogP contribution >= 0.6 is 57.1 Å². The van der Waals surface area contributed by atoms with Gasteiger partial charge >= 0.3 is 0 Å². The highest BCUT2D eigenvalue weighted by atomic mass is 32.2. The third-order valence-electron chi connectivity index (χ3n) is 8.30. The molecule has 228 valence electrons. The number of thiophene rings is 4. The predicted molar refractivity (Wildman–Crippen MR) is 195 cm³/mol. The largest absolute Gasteiger partial charge is 0.142 e. The summed E-state index contributed by atoms with van der Waals surface area (Å²) in [7, 11) is 0. The van der Waals surface area contributed by atoms with Gasteiger partial charge in [0, 0.05) is 39.7 Å². The Bertz CT molecular complexity index is 1130. The molecule has 0 aromatic carbocycles. The van der Waals surface area contributed by atoms with Crippen molar-refractivity contribution in [3.05, 3.63) is 32.6 Å². The van der Waals surface area contributed by atoms with Crippen LogP contribution in [-0.2, 0) is 12.8 Å².